The zero-order valence-corrected chi connectivity index (χ0v) is 16.4. The van der Waals surface area contributed by atoms with E-state index in [0.717, 1.165) is 37.2 Å². The lowest BCUT2D eigenvalue weighted by molar-refractivity contribution is 0.129. The molecule has 3 nitrogen and oxygen atoms in total. The van der Waals surface area contributed by atoms with E-state index in [9.17, 15) is 4.39 Å². The van der Waals surface area contributed by atoms with E-state index < -0.39 is 0 Å². The number of hydrogen-bond acceptors (Lipinski definition) is 3. The molecule has 4 heteroatoms. The molecular formula is C23H31FN2O. The summed E-state index contributed by atoms with van der Waals surface area (Å²) in [5, 5.41) is 0. The van der Waals surface area contributed by atoms with Gasteiger partial charge in [0.2, 0.25) is 0 Å². The fourth-order valence-electron chi connectivity index (χ4n) is 3.61. The van der Waals surface area contributed by atoms with E-state index in [1.165, 1.54) is 24.1 Å². The highest BCUT2D eigenvalue weighted by Crippen LogP contribution is 2.32. The number of halogens is 1. The fraction of sp³-hybridized carbons (Fsp3) is 0.478. The molecule has 2 atom stereocenters. The molecule has 0 aromatic heterocycles. The predicted molar refractivity (Wildman–Crippen MR) is 108 cm³/mol. The second-order valence-electron chi connectivity index (χ2n) is 8.00. The van der Waals surface area contributed by atoms with Crippen LogP contribution in [0.3, 0.4) is 0 Å². The fourth-order valence-corrected chi connectivity index (χ4v) is 3.61. The molecule has 0 radical (unpaired) electrons. The smallest absolute Gasteiger partial charge is 0.123 e. The molecule has 1 aliphatic rings. The third-order valence-corrected chi connectivity index (χ3v) is 5.33. The highest BCUT2D eigenvalue weighted by atomic mass is 19.1. The average molecular weight is 371 g/mol. The molecule has 2 aromatic rings. The van der Waals surface area contributed by atoms with Gasteiger partial charge in [0, 0.05) is 18.6 Å². The Morgan fingerprint density at radius 2 is 1.81 bits per heavy atom. The number of hydrogen-bond donors (Lipinski definition) is 1. The van der Waals surface area contributed by atoms with Crippen molar-refractivity contribution in [2.24, 2.45) is 11.7 Å². The van der Waals surface area contributed by atoms with E-state index in [0.29, 0.717) is 18.6 Å². The van der Waals surface area contributed by atoms with Gasteiger partial charge in [-0.3, -0.25) is 4.90 Å². The minimum Gasteiger partial charge on any atom is -0.489 e. The average Bonchev–Trinajstić information content (AvgIpc) is 2.67. The molecule has 3 rings (SSSR count). The largest absolute Gasteiger partial charge is 0.489 e. The van der Waals surface area contributed by atoms with Gasteiger partial charge >= 0.3 is 0 Å². The van der Waals surface area contributed by atoms with Crippen molar-refractivity contribution in [1.82, 2.24) is 4.90 Å². The lowest BCUT2D eigenvalue weighted by Gasteiger charge is -2.39. The van der Waals surface area contributed by atoms with Crippen LogP contribution in [0.4, 0.5) is 4.39 Å². The van der Waals surface area contributed by atoms with Crippen LogP contribution < -0.4 is 10.5 Å². The number of nitrogens with zero attached hydrogens (tertiary/aromatic N) is 1. The van der Waals surface area contributed by atoms with Crippen molar-refractivity contribution in [2.45, 2.75) is 51.8 Å². The van der Waals surface area contributed by atoms with Gasteiger partial charge in [0.15, 0.2) is 0 Å². The molecule has 0 aliphatic carbocycles. The second kappa shape index (κ2) is 9.34. The third-order valence-electron chi connectivity index (χ3n) is 5.33. The van der Waals surface area contributed by atoms with Crippen molar-refractivity contribution in [3.05, 3.63) is 65.5 Å². The Morgan fingerprint density at radius 3 is 2.48 bits per heavy atom. The maximum atomic E-state index is 13.0. The first-order valence-electron chi connectivity index (χ1n) is 9.98. The summed E-state index contributed by atoms with van der Waals surface area (Å²) in [4.78, 5) is 2.58. The quantitative estimate of drug-likeness (QED) is 0.752. The molecule has 2 unspecified atom stereocenters. The van der Waals surface area contributed by atoms with E-state index in [-0.39, 0.29) is 11.9 Å². The van der Waals surface area contributed by atoms with Gasteiger partial charge in [-0.1, -0.05) is 38.1 Å². The molecule has 0 bridgehead atoms. The topological polar surface area (TPSA) is 38.5 Å². The maximum Gasteiger partial charge on any atom is 0.123 e. The van der Waals surface area contributed by atoms with Crippen molar-refractivity contribution < 1.29 is 9.13 Å². The molecule has 1 fully saturated rings. The first kappa shape index (κ1) is 19.8. The number of piperidine rings is 1. The number of rotatable bonds is 7. The highest BCUT2D eigenvalue weighted by Gasteiger charge is 2.27. The van der Waals surface area contributed by atoms with Gasteiger partial charge in [0.25, 0.3) is 0 Å². The summed E-state index contributed by atoms with van der Waals surface area (Å²) >= 11 is 0. The van der Waals surface area contributed by atoms with Crippen LogP contribution in [0.1, 0.15) is 50.3 Å². The molecule has 1 saturated heterocycles. The van der Waals surface area contributed by atoms with E-state index in [2.05, 4.69) is 30.9 Å². The van der Waals surface area contributed by atoms with Crippen molar-refractivity contribution in [3.8, 4) is 5.75 Å². The molecule has 2 aromatic carbocycles. The molecule has 1 aliphatic heterocycles. The highest BCUT2D eigenvalue weighted by molar-refractivity contribution is 5.30. The van der Waals surface area contributed by atoms with Gasteiger partial charge < -0.3 is 10.5 Å². The monoisotopic (exact) mass is 370 g/mol. The first-order chi connectivity index (χ1) is 13.0. The summed E-state index contributed by atoms with van der Waals surface area (Å²) < 4.78 is 18.8. The molecule has 27 heavy (non-hydrogen) atoms. The van der Waals surface area contributed by atoms with Gasteiger partial charge in [-0.25, -0.2) is 4.39 Å². The van der Waals surface area contributed by atoms with Crippen molar-refractivity contribution >= 4 is 0 Å². The maximum absolute atomic E-state index is 13.0. The Bertz CT molecular complexity index is 699. The molecule has 0 saturated carbocycles. The van der Waals surface area contributed by atoms with Crippen molar-refractivity contribution in [1.29, 1.82) is 0 Å². The van der Waals surface area contributed by atoms with Crippen LogP contribution in [0.25, 0.3) is 0 Å². The predicted octanol–water partition coefficient (Wildman–Crippen LogP) is 4.92. The minimum atomic E-state index is -0.226. The number of nitrogens with two attached hydrogens (primary N) is 1. The molecule has 1 heterocycles. The number of benzene rings is 2. The molecule has 0 amide bonds. The van der Waals surface area contributed by atoms with Crippen LogP contribution in [-0.2, 0) is 6.61 Å². The Hall–Kier alpha value is -1.91. The summed E-state index contributed by atoms with van der Waals surface area (Å²) in [7, 11) is 0. The Kier molecular flexibility index (Phi) is 6.86. The second-order valence-corrected chi connectivity index (χ2v) is 8.00. The summed E-state index contributed by atoms with van der Waals surface area (Å²) in [6.07, 6.45) is 3.30. The lowest BCUT2D eigenvalue weighted by Crippen LogP contribution is -2.42. The van der Waals surface area contributed by atoms with E-state index in [1.54, 1.807) is 12.1 Å². The normalized spacial score (nSPS) is 20.8. The lowest BCUT2D eigenvalue weighted by atomic mass is 9.91. The molecular weight excluding hydrogens is 339 g/mol. The van der Waals surface area contributed by atoms with Gasteiger partial charge in [-0.2, -0.15) is 0 Å². The van der Waals surface area contributed by atoms with Gasteiger partial charge in [0.1, 0.15) is 18.2 Å². The summed E-state index contributed by atoms with van der Waals surface area (Å²) in [5.41, 5.74) is 8.52. The third kappa shape index (κ3) is 5.78. The van der Waals surface area contributed by atoms with E-state index >= 15 is 0 Å². The van der Waals surface area contributed by atoms with Crippen LogP contribution >= 0.6 is 0 Å². The van der Waals surface area contributed by atoms with Crippen LogP contribution in [-0.4, -0.2) is 24.0 Å². The van der Waals surface area contributed by atoms with E-state index in [4.69, 9.17) is 10.5 Å². The molecule has 146 valence electrons. The summed E-state index contributed by atoms with van der Waals surface area (Å²) in [5.74, 6) is 1.32. The summed E-state index contributed by atoms with van der Waals surface area (Å²) in [6.45, 7) is 7.18. The Labute approximate surface area is 162 Å². The van der Waals surface area contributed by atoms with Crippen LogP contribution in [0, 0.1) is 11.7 Å². The van der Waals surface area contributed by atoms with Gasteiger partial charge in [-0.15, -0.1) is 0 Å². The zero-order valence-electron chi connectivity index (χ0n) is 16.4. The molecule has 0 spiro atoms. The Morgan fingerprint density at radius 1 is 1.11 bits per heavy atom. The van der Waals surface area contributed by atoms with Gasteiger partial charge in [-0.05, 0) is 67.1 Å². The van der Waals surface area contributed by atoms with Crippen LogP contribution in [0.2, 0.25) is 0 Å². The van der Waals surface area contributed by atoms with Gasteiger partial charge in [0.05, 0.1) is 0 Å². The first-order valence-corrected chi connectivity index (χ1v) is 9.98. The standard InChI is InChI=1S/C23H31FN2O/c1-17(2)11-13-26-14-12-21(25)15-23(26)19-5-9-22(10-6-19)27-16-18-3-7-20(24)8-4-18/h3-10,17,21,23H,11-16,25H2,1-2H3. The van der Waals surface area contributed by atoms with Crippen LogP contribution in [0.15, 0.2) is 48.5 Å². The van der Waals surface area contributed by atoms with E-state index in [1.807, 2.05) is 12.1 Å². The number of ether oxygens (including phenoxy) is 1. The number of likely N-dealkylation sites (tertiary alicyclic amines) is 1. The molecule has 2 N–H and O–H groups in total. The Balaban J connectivity index is 1.62. The summed E-state index contributed by atoms with van der Waals surface area (Å²) in [6, 6.07) is 15.5. The zero-order chi connectivity index (χ0) is 19.2. The SMILES string of the molecule is CC(C)CCN1CCC(N)CC1c1ccc(OCc2ccc(F)cc2)cc1. The van der Waals surface area contributed by atoms with Crippen molar-refractivity contribution in [2.75, 3.05) is 13.1 Å². The van der Waals surface area contributed by atoms with Crippen LogP contribution in [0.5, 0.6) is 5.75 Å². The minimum absolute atomic E-state index is 0.226. The van der Waals surface area contributed by atoms with Crippen molar-refractivity contribution in [3.63, 3.8) is 0 Å².